The molecule has 0 bridgehead atoms. The number of carbonyl (C=O) groups is 1. The summed E-state index contributed by atoms with van der Waals surface area (Å²) in [5.74, 6) is -0.603. The summed E-state index contributed by atoms with van der Waals surface area (Å²) in [6.07, 6.45) is 0.429. The Hall–Kier alpha value is -2.16. The maximum absolute atomic E-state index is 12.3. The van der Waals surface area contributed by atoms with E-state index in [1.807, 2.05) is 13.0 Å². The molecule has 0 aliphatic rings. The second-order valence-corrected chi connectivity index (χ2v) is 3.93. The van der Waals surface area contributed by atoms with Crippen LogP contribution in [0, 0.1) is 11.3 Å². The molecule has 6 heteroatoms. The number of rotatable bonds is 6. The highest BCUT2D eigenvalue weighted by Gasteiger charge is 2.15. The molecule has 0 aromatic heterocycles. The van der Waals surface area contributed by atoms with Crippen molar-refractivity contribution in [2.45, 2.75) is 33.3 Å². The Morgan fingerprint density at radius 1 is 1.40 bits per heavy atom. The SMILES string of the molecule is CCOC(=O)Cc1cc(OC(F)F)cc(C#N)c1CC. The van der Waals surface area contributed by atoms with Gasteiger partial charge in [0.1, 0.15) is 5.75 Å². The Labute approximate surface area is 115 Å². The first-order valence-corrected chi connectivity index (χ1v) is 6.18. The van der Waals surface area contributed by atoms with Crippen molar-refractivity contribution in [3.05, 3.63) is 28.8 Å². The molecule has 4 nitrogen and oxygen atoms in total. The zero-order chi connectivity index (χ0) is 15.1. The van der Waals surface area contributed by atoms with Gasteiger partial charge in [-0.3, -0.25) is 4.79 Å². The van der Waals surface area contributed by atoms with Gasteiger partial charge >= 0.3 is 12.6 Å². The highest BCUT2D eigenvalue weighted by atomic mass is 19.3. The number of benzene rings is 1. The molecule has 0 N–H and O–H groups in total. The van der Waals surface area contributed by atoms with Crippen LogP contribution in [0.25, 0.3) is 0 Å². The first-order valence-electron chi connectivity index (χ1n) is 6.18. The molecular formula is C14H15F2NO3. The summed E-state index contributed by atoms with van der Waals surface area (Å²) in [5, 5.41) is 9.06. The molecule has 1 aromatic carbocycles. The summed E-state index contributed by atoms with van der Waals surface area (Å²) in [6.45, 7) is 0.747. The first kappa shape index (κ1) is 15.9. The molecular weight excluding hydrogens is 268 g/mol. The van der Waals surface area contributed by atoms with Gasteiger partial charge < -0.3 is 9.47 Å². The summed E-state index contributed by atoms with van der Waals surface area (Å²) >= 11 is 0. The minimum absolute atomic E-state index is 0.0773. The molecule has 0 heterocycles. The minimum atomic E-state index is -2.98. The smallest absolute Gasteiger partial charge is 0.387 e. The van der Waals surface area contributed by atoms with Crippen LogP contribution in [0.1, 0.15) is 30.5 Å². The van der Waals surface area contributed by atoms with Crippen molar-refractivity contribution in [1.29, 1.82) is 5.26 Å². The summed E-state index contributed by atoms with van der Waals surface area (Å²) in [6, 6.07) is 4.53. The van der Waals surface area contributed by atoms with Crippen molar-refractivity contribution in [2.24, 2.45) is 0 Å². The van der Waals surface area contributed by atoms with E-state index in [2.05, 4.69) is 4.74 Å². The molecule has 0 unspecified atom stereocenters. The van der Waals surface area contributed by atoms with E-state index in [9.17, 15) is 13.6 Å². The molecule has 108 valence electrons. The van der Waals surface area contributed by atoms with E-state index in [-0.39, 0.29) is 24.3 Å². The number of hydrogen-bond donors (Lipinski definition) is 0. The Morgan fingerprint density at radius 3 is 2.60 bits per heavy atom. The van der Waals surface area contributed by atoms with Crippen molar-refractivity contribution in [3.8, 4) is 11.8 Å². The third kappa shape index (κ3) is 4.19. The predicted molar refractivity (Wildman–Crippen MR) is 67.5 cm³/mol. The first-order chi connectivity index (χ1) is 9.51. The van der Waals surface area contributed by atoms with Gasteiger partial charge in [-0.15, -0.1) is 0 Å². The average molecular weight is 283 g/mol. The fourth-order valence-electron chi connectivity index (χ4n) is 1.92. The van der Waals surface area contributed by atoms with E-state index in [0.717, 1.165) is 0 Å². The molecule has 0 saturated carbocycles. The van der Waals surface area contributed by atoms with Crippen LogP contribution in [0.2, 0.25) is 0 Å². The summed E-state index contributed by atoms with van der Waals surface area (Å²) in [7, 11) is 0. The van der Waals surface area contributed by atoms with E-state index >= 15 is 0 Å². The monoisotopic (exact) mass is 283 g/mol. The number of hydrogen-bond acceptors (Lipinski definition) is 4. The van der Waals surface area contributed by atoms with Crippen molar-refractivity contribution in [1.82, 2.24) is 0 Å². The van der Waals surface area contributed by atoms with Crippen LogP contribution in [0.15, 0.2) is 12.1 Å². The second-order valence-electron chi connectivity index (χ2n) is 3.93. The van der Waals surface area contributed by atoms with Gasteiger partial charge in [-0.2, -0.15) is 14.0 Å². The lowest BCUT2D eigenvalue weighted by molar-refractivity contribution is -0.142. The van der Waals surface area contributed by atoms with Crippen LogP contribution < -0.4 is 4.74 Å². The number of alkyl halides is 2. The van der Waals surface area contributed by atoms with Gasteiger partial charge in [0.15, 0.2) is 0 Å². The second kappa shape index (κ2) is 7.43. The number of esters is 1. The highest BCUT2D eigenvalue weighted by molar-refractivity contribution is 5.73. The minimum Gasteiger partial charge on any atom is -0.466 e. The van der Waals surface area contributed by atoms with Crippen LogP contribution in [0.3, 0.4) is 0 Å². The topological polar surface area (TPSA) is 59.3 Å². The van der Waals surface area contributed by atoms with Gasteiger partial charge in [0.05, 0.1) is 24.7 Å². The number of nitriles is 1. The van der Waals surface area contributed by atoms with E-state index in [0.29, 0.717) is 17.5 Å². The molecule has 1 rings (SSSR count). The van der Waals surface area contributed by atoms with Gasteiger partial charge in [0.25, 0.3) is 0 Å². The van der Waals surface area contributed by atoms with E-state index in [1.54, 1.807) is 6.92 Å². The number of halogens is 2. The number of carbonyl (C=O) groups excluding carboxylic acids is 1. The molecule has 0 radical (unpaired) electrons. The molecule has 1 aromatic rings. The fourth-order valence-corrected chi connectivity index (χ4v) is 1.92. The van der Waals surface area contributed by atoms with Gasteiger partial charge in [0.2, 0.25) is 0 Å². The van der Waals surface area contributed by atoms with Gasteiger partial charge in [-0.05, 0) is 36.6 Å². The van der Waals surface area contributed by atoms with Crippen LogP contribution in [0.5, 0.6) is 5.75 Å². The van der Waals surface area contributed by atoms with Crippen molar-refractivity contribution >= 4 is 5.97 Å². The normalized spacial score (nSPS) is 10.2. The van der Waals surface area contributed by atoms with E-state index in [4.69, 9.17) is 10.00 Å². The Balaban J connectivity index is 3.17. The van der Waals surface area contributed by atoms with Crippen molar-refractivity contribution < 1.29 is 23.0 Å². The van der Waals surface area contributed by atoms with Crippen molar-refractivity contribution in [3.63, 3.8) is 0 Å². The van der Waals surface area contributed by atoms with Crippen LogP contribution in [0.4, 0.5) is 8.78 Å². The largest absolute Gasteiger partial charge is 0.466 e. The molecule has 0 aliphatic carbocycles. The summed E-state index contributed by atoms with van der Waals surface area (Å²) in [4.78, 5) is 11.5. The Kier molecular flexibility index (Phi) is 5.91. The zero-order valence-electron chi connectivity index (χ0n) is 11.3. The maximum Gasteiger partial charge on any atom is 0.387 e. The standard InChI is InChI=1S/C14H15F2NO3/c1-3-12-9(7-13(18)19-4-2)5-11(20-14(15)16)6-10(12)8-17/h5-6,14H,3-4,7H2,1-2H3. The Morgan fingerprint density at radius 2 is 2.10 bits per heavy atom. The number of nitrogens with zero attached hydrogens (tertiary/aromatic N) is 1. The molecule has 0 saturated heterocycles. The maximum atomic E-state index is 12.3. The van der Waals surface area contributed by atoms with Gasteiger partial charge in [-0.25, -0.2) is 0 Å². The quantitative estimate of drug-likeness (QED) is 0.753. The summed E-state index contributed by atoms with van der Waals surface area (Å²) < 4.78 is 33.6. The fraction of sp³-hybridized carbons (Fsp3) is 0.429. The highest BCUT2D eigenvalue weighted by Crippen LogP contribution is 2.25. The predicted octanol–water partition coefficient (Wildman–Crippen LogP) is 2.83. The van der Waals surface area contributed by atoms with Crippen LogP contribution >= 0.6 is 0 Å². The molecule has 0 aliphatic heterocycles. The van der Waals surface area contributed by atoms with Gasteiger partial charge in [0, 0.05) is 0 Å². The molecule has 0 atom stereocenters. The van der Waals surface area contributed by atoms with E-state index in [1.165, 1.54) is 12.1 Å². The molecule has 0 fully saturated rings. The summed E-state index contributed by atoms with van der Waals surface area (Å²) in [5.41, 5.74) is 1.34. The van der Waals surface area contributed by atoms with Crippen LogP contribution in [-0.2, 0) is 22.4 Å². The molecule has 0 spiro atoms. The molecule has 0 amide bonds. The lowest BCUT2D eigenvalue weighted by atomic mass is 9.97. The third-order valence-corrected chi connectivity index (χ3v) is 2.66. The average Bonchev–Trinajstić information content (AvgIpc) is 2.37. The lowest BCUT2D eigenvalue weighted by Crippen LogP contribution is -2.11. The zero-order valence-corrected chi connectivity index (χ0v) is 11.3. The third-order valence-electron chi connectivity index (χ3n) is 2.66. The number of ether oxygens (including phenoxy) is 2. The van der Waals surface area contributed by atoms with Crippen molar-refractivity contribution in [2.75, 3.05) is 6.61 Å². The Bertz CT molecular complexity index is 524. The van der Waals surface area contributed by atoms with Crippen LogP contribution in [-0.4, -0.2) is 19.2 Å². The lowest BCUT2D eigenvalue weighted by Gasteiger charge is -2.13. The molecule has 20 heavy (non-hydrogen) atoms. The van der Waals surface area contributed by atoms with Gasteiger partial charge in [-0.1, -0.05) is 6.92 Å². The van der Waals surface area contributed by atoms with E-state index < -0.39 is 12.6 Å².